The van der Waals surface area contributed by atoms with E-state index >= 15 is 0 Å². The van der Waals surface area contributed by atoms with Crippen LogP contribution in [0.2, 0.25) is 0 Å². The van der Waals surface area contributed by atoms with Crippen LogP contribution in [0.5, 0.6) is 0 Å². The number of hydrogen-bond donors (Lipinski definition) is 2. The fraction of sp³-hybridized carbons (Fsp3) is 0.923. The third kappa shape index (κ3) is 4.88. The molecule has 1 fully saturated rings. The predicted molar refractivity (Wildman–Crippen MR) is 73.1 cm³/mol. The Bertz CT molecular complexity index is 268. The second kappa shape index (κ2) is 6.10. The second-order valence-electron chi connectivity index (χ2n) is 6.09. The summed E-state index contributed by atoms with van der Waals surface area (Å²) >= 11 is 4.07. The largest absolute Gasteiger partial charge is 0.461 e. The SMILES string of the molecule is CC1CC(OC(=O)C(N)CCS)CC(C)(C)C1. The molecule has 1 aliphatic rings. The fourth-order valence-corrected chi connectivity index (χ4v) is 3.13. The highest BCUT2D eigenvalue weighted by atomic mass is 32.1. The van der Waals surface area contributed by atoms with Crippen molar-refractivity contribution in [3.63, 3.8) is 0 Å². The molecule has 2 N–H and O–H groups in total. The van der Waals surface area contributed by atoms with E-state index in [9.17, 15) is 4.79 Å². The molecule has 0 spiro atoms. The Kier molecular flexibility index (Phi) is 5.32. The molecule has 100 valence electrons. The van der Waals surface area contributed by atoms with Gasteiger partial charge in [-0.3, -0.25) is 4.79 Å². The standard InChI is InChI=1S/C13H25NO2S/c1-9-6-10(8-13(2,3)7-9)16-12(15)11(14)4-5-17/h9-11,17H,4-8,14H2,1-3H3. The van der Waals surface area contributed by atoms with Crippen LogP contribution in [0.15, 0.2) is 0 Å². The van der Waals surface area contributed by atoms with Gasteiger partial charge in [0.15, 0.2) is 0 Å². The van der Waals surface area contributed by atoms with Crippen molar-refractivity contribution in [2.75, 3.05) is 5.75 Å². The molecule has 0 radical (unpaired) electrons. The number of ether oxygens (including phenoxy) is 1. The molecule has 0 aromatic heterocycles. The monoisotopic (exact) mass is 259 g/mol. The van der Waals surface area contributed by atoms with E-state index in [2.05, 4.69) is 33.4 Å². The van der Waals surface area contributed by atoms with Gasteiger partial charge in [-0.1, -0.05) is 20.8 Å². The van der Waals surface area contributed by atoms with Crippen LogP contribution >= 0.6 is 12.6 Å². The molecule has 0 bridgehead atoms. The maximum atomic E-state index is 11.7. The minimum absolute atomic E-state index is 0.0345. The molecule has 3 unspecified atom stereocenters. The van der Waals surface area contributed by atoms with Gasteiger partial charge in [0.25, 0.3) is 0 Å². The summed E-state index contributed by atoms with van der Waals surface area (Å²) in [6.07, 6.45) is 3.71. The molecule has 1 aliphatic carbocycles. The zero-order valence-corrected chi connectivity index (χ0v) is 12.0. The first-order valence-electron chi connectivity index (χ1n) is 6.41. The van der Waals surface area contributed by atoms with Gasteiger partial charge >= 0.3 is 5.97 Å². The fourth-order valence-electron chi connectivity index (χ4n) is 2.86. The van der Waals surface area contributed by atoms with E-state index in [1.807, 2.05) is 0 Å². The third-order valence-corrected chi connectivity index (χ3v) is 3.63. The summed E-state index contributed by atoms with van der Waals surface area (Å²) < 4.78 is 5.51. The third-order valence-electron chi connectivity index (χ3n) is 3.37. The Morgan fingerprint density at radius 1 is 1.53 bits per heavy atom. The van der Waals surface area contributed by atoms with Gasteiger partial charge in [0.1, 0.15) is 12.1 Å². The molecular formula is C13H25NO2S. The van der Waals surface area contributed by atoms with Crippen LogP contribution < -0.4 is 5.73 Å². The lowest BCUT2D eigenvalue weighted by molar-refractivity contribution is -0.155. The smallest absolute Gasteiger partial charge is 0.323 e. The Labute approximate surface area is 110 Å². The number of carbonyl (C=O) groups is 1. The molecule has 0 aliphatic heterocycles. The van der Waals surface area contributed by atoms with Gasteiger partial charge in [0, 0.05) is 0 Å². The van der Waals surface area contributed by atoms with Crippen LogP contribution in [0.3, 0.4) is 0 Å². The van der Waals surface area contributed by atoms with E-state index in [0.717, 1.165) is 12.8 Å². The van der Waals surface area contributed by atoms with Crippen molar-refractivity contribution < 1.29 is 9.53 Å². The van der Waals surface area contributed by atoms with Gasteiger partial charge in [-0.15, -0.1) is 0 Å². The number of rotatable bonds is 4. The van der Waals surface area contributed by atoms with E-state index in [4.69, 9.17) is 10.5 Å². The van der Waals surface area contributed by atoms with Crippen molar-refractivity contribution in [3.8, 4) is 0 Å². The van der Waals surface area contributed by atoms with Crippen molar-refractivity contribution in [1.82, 2.24) is 0 Å². The normalized spacial score (nSPS) is 29.7. The Hall–Kier alpha value is -0.220. The predicted octanol–water partition coefficient (Wildman–Crippen LogP) is 2.39. The first-order valence-corrected chi connectivity index (χ1v) is 7.04. The van der Waals surface area contributed by atoms with Crippen LogP contribution in [0.4, 0.5) is 0 Å². The molecule has 3 nitrogen and oxygen atoms in total. The summed E-state index contributed by atoms with van der Waals surface area (Å²) in [6.45, 7) is 6.68. The Morgan fingerprint density at radius 2 is 2.18 bits per heavy atom. The second-order valence-corrected chi connectivity index (χ2v) is 6.54. The molecule has 0 heterocycles. The summed E-state index contributed by atoms with van der Waals surface area (Å²) in [5.41, 5.74) is 5.98. The minimum Gasteiger partial charge on any atom is -0.461 e. The highest BCUT2D eigenvalue weighted by Gasteiger charge is 2.34. The van der Waals surface area contributed by atoms with Crippen molar-refractivity contribution >= 4 is 18.6 Å². The van der Waals surface area contributed by atoms with Crippen molar-refractivity contribution in [2.24, 2.45) is 17.1 Å². The average molecular weight is 259 g/mol. The van der Waals surface area contributed by atoms with Gasteiger partial charge < -0.3 is 10.5 Å². The summed E-state index contributed by atoms with van der Waals surface area (Å²) in [5, 5.41) is 0. The van der Waals surface area contributed by atoms with Crippen LogP contribution in [-0.2, 0) is 9.53 Å². The van der Waals surface area contributed by atoms with Crippen LogP contribution in [-0.4, -0.2) is 23.9 Å². The maximum absolute atomic E-state index is 11.7. The molecule has 0 aromatic carbocycles. The molecule has 3 atom stereocenters. The number of thiol groups is 1. The molecule has 1 rings (SSSR count). The first kappa shape index (κ1) is 14.8. The highest BCUT2D eigenvalue weighted by molar-refractivity contribution is 7.80. The summed E-state index contributed by atoms with van der Waals surface area (Å²) in [6, 6.07) is -0.521. The van der Waals surface area contributed by atoms with E-state index < -0.39 is 6.04 Å². The summed E-state index contributed by atoms with van der Waals surface area (Å²) in [7, 11) is 0. The quantitative estimate of drug-likeness (QED) is 0.602. The Balaban J connectivity index is 2.48. The average Bonchev–Trinajstić information content (AvgIpc) is 2.14. The maximum Gasteiger partial charge on any atom is 0.323 e. The van der Waals surface area contributed by atoms with Crippen LogP contribution in [0, 0.1) is 11.3 Å². The lowest BCUT2D eigenvalue weighted by Crippen LogP contribution is -2.39. The minimum atomic E-state index is -0.521. The van der Waals surface area contributed by atoms with Crippen LogP contribution in [0.25, 0.3) is 0 Å². The van der Waals surface area contributed by atoms with E-state index in [0.29, 0.717) is 18.1 Å². The molecule has 1 saturated carbocycles. The van der Waals surface area contributed by atoms with Gasteiger partial charge in [-0.2, -0.15) is 12.6 Å². The molecule has 0 aromatic rings. The van der Waals surface area contributed by atoms with Gasteiger partial charge in [0.05, 0.1) is 0 Å². The van der Waals surface area contributed by atoms with Gasteiger partial charge in [0.2, 0.25) is 0 Å². The van der Waals surface area contributed by atoms with Gasteiger partial charge in [-0.25, -0.2) is 0 Å². The molecular weight excluding hydrogens is 234 g/mol. The number of carbonyl (C=O) groups excluding carboxylic acids is 1. The zero-order chi connectivity index (χ0) is 13.1. The van der Waals surface area contributed by atoms with E-state index in [1.54, 1.807) is 0 Å². The Morgan fingerprint density at radius 3 is 2.71 bits per heavy atom. The lowest BCUT2D eigenvalue weighted by Gasteiger charge is -2.38. The number of hydrogen-bond acceptors (Lipinski definition) is 4. The van der Waals surface area contributed by atoms with E-state index in [1.165, 1.54) is 6.42 Å². The zero-order valence-electron chi connectivity index (χ0n) is 11.1. The number of nitrogens with two attached hydrogens (primary N) is 1. The van der Waals surface area contributed by atoms with Gasteiger partial charge in [-0.05, 0) is 42.8 Å². The van der Waals surface area contributed by atoms with Crippen LogP contribution in [0.1, 0.15) is 46.5 Å². The van der Waals surface area contributed by atoms with Crippen molar-refractivity contribution in [1.29, 1.82) is 0 Å². The molecule has 0 saturated heterocycles. The molecule has 0 amide bonds. The van der Waals surface area contributed by atoms with Crippen molar-refractivity contribution in [3.05, 3.63) is 0 Å². The first-order chi connectivity index (χ1) is 7.84. The molecule has 4 heteroatoms. The van der Waals surface area contributed by atoms with Crippen molar-refractivity contribution in [2.45, 2.75) is 58.6 Å². The number of esters is 1. The molecule has 17 heavy (non-hydrogen) atoms. The highest BCUT2D eigenvalue weighted by Crippen LogP contribution is 2.39. The summed E-state index contributed by atoms with van der Waals surface area (Å²) in [4.78, 5) is 11.7. The topological polar surface area (TPSA) is 52.3 Å². The van der Waals surface area contributed by atoms with E-state index in [-0.39, 0.29) is 17.5 Å². The lowest BCUT2D eigenvalue weighted by atomic mass is 9.71. The summed E-state index contributed by atoms with van der Waals surface area (Å²) in [5.74, 6) is 0.953.